The van der Waals surface area contributed by atoms with Gasteiger partial charge >= 0.3 is 6.09 Å². The van der Waals surface area contributed by atoms with Crippen LogP contribution in [0.2, 0.25) is 0 Å². The molecule has 0 bridgehead atoms. The maximum atomic E-state index is 11.7. The zero-order valence-electron chi connectivity index (χ0n) is 11.7. The molecule has 0 aromatic carbocycles. The molecule has 0 unspecified atom stereocenters. The lowest BCUT2D eigenvalue weighted by Crippen LogP contribution is -2.45. The number of hydroxylamine groups is 1. The quantitative estimate of drug-likeness (QED) is 0.563. The summed E-state index contributed by atoms with van der Waals surface area (Å²) in [6, 6.07) is 0. The van der Waals surface area contributed by atoms with E-state index in [1.807, 2.05) is 20.8 Å². The van der Waals surface area contributed by atoms with Crippen LogP contribution >= 0.6 is 0 Å². The van der Waals surface area contributed by atoms with Crippen LogP contribution in [0.4, 0.5) is 4.79 Å². The first-order valence-electron chi connectivity index (χ1n) is 6.31. The molecule has 0 fully saturated rings. The average Bonchev–Trinajstić information content (AvgIpc) is 2.33. The van der Waals surface area contributed by atoms with E-state index in [-0.39, 0.29) is 5.91 Å². The summed E-state index contributed by atoms with van der Waals surface area (Å²) in [5.74, 6) is 0.128. The first kappa shape index (κ1) is 16.7. The van der Waals surface area contributed by atoms with Gasteiger partial charge in [0.25, 0.3) is 5.91 Å². The Labute approximate surface area is 109 Å². The number of ether oxygens (including phenoxy) is 1. The lowest BCUT2D eigenvalue weighted by Gasteiger charge is -2.20. The molecule has 18 heavy (non-hydrogen) atoms. The molecule has 6 nitrogen and oxygen atoms in total. The van der Waals surface area contributed by atoms with E-state index in [9.17, 15) is 9.59 Å². The second kappa shape index (κ2) is 9.70. The number of hydrogen-bond donors (Lipinski definition) is 1. The van der Waals surface area contributed by atoms with Crippen molar-refractivity contribution in [3.05, 3.63) is 0 Å². The number of amides is 2. The summed E-state index contributed by atoms with van der Waals surface area (Å²) in [6.45, 7) is 6.38. The van der Waals surface area contributed by atoms with E-state index in [0.29, 0.717) is 18.9 Å². The zero-order chi connectivity index (χ0) is 14.0. The first-order chi connectivity index (χ1) is 8.51. The summed E-state index contributed by atoms with van der Waals surface area (Å²) in [5, 5.41) is 0.816. The van der Waals surface area contributed by atoms with E-state index in [1.165, 1.54) is 7.11 Å². The molecule has 0 heterocycles. The van der Waals surface area contributed by atoms with Gasteiger partial charge in [0.05, 0.1) is 13.7 Å². The van der Waals surface area contributed by atoms with Gasteiger partial charge in [0.1, 0.15) is 0 Å². The van der Waals surface area contributed by atoms with Crippen LogP contribution in [0.3, 0.4) is 0 Å². The number of unbranched alkanes of at least 4 members (excludes halogenated alkanes) is 1. The van der Waals surface area contributed by atoms with Crippen molar-refractivity contribution in [2.24, 2.45) is 5.92 Å². The molecule has 6 heteroatoms. The van der Waals surface area contributed by atoms with Gasteiger partial charge in [-0.1, -0.05) is 27.2 Å². The average molecular weight is 260 g/mol. The molecule has 0 saturated heterocycles. The van der Waals surface area contributed by atoms with E-state index in [2.05, 4.69) is 5.43 Å². The predicted molar refractivity (Wildman–Crippen MR) is 67.3 cm³/mol. The normalized spacial score (nSPS) is 10.3. The fourth-order valence-corrected chi connectivity index (χ4v) is 1.15. The highest BCUT2D eigenvalue weighted by atomic mass is 16.7. The molecule has 0 aromatic rings. The molecule has 0 atom stereocenters. The minimum atomic E-state index is -0.678. The second-order valence-corrected chi connectivity index (χ2v) is 4.40. The van der Waals surface area contributed by atoms with Crippen molar-refractivity contribution in [1.82, 2.24) is 10.6 Å². The predicted octanol–water partition coefficient (Wildman–Crippen LogP) is 2.25. The molecule has 0 aliphatic heterocycles. The third-order valence-corrected chi connectivity index (χ3v) is 2.27. The molecular weight excluding hydrogens is 236 g/mol. The van der Waals surface area contributed by atoms with Crippen molar-refractivity contribution in [3.8, 4) is 0 Å². The molecule has 0 rings (SSSR count). The highest BCUT2D eigenvalue weighted by Gasteiger charge is 2.16. The Balaban J connectivity index is 4.00. The molecule has 2 amide bonds. The van der Waals surface area contributed by atoms with Gasteiger partial charge in [-0.05, 0) is 18.8 Å². The molecule has 1 N–H and O–H groups in total. The molecule has 0 aliphatic rings. The lowest BCUT2D eigenvalue weighted by molar-refractivity contribution is -0.190. The van der Waals surface area contributed by atoms with Crippen molar-refractivity contribution < 1.29 is 19.2 Å². The van der Waals surface area contributed by atoms with Gasteiger partial charge in [0.2, 0.25) is 0 Å². The highest BCUT2D eigenvalue weighted by molar-refractivity contribution is 5.78. The standard InChI is InChI=1S/C12H24N2O4/c1-5-6-9-18-12(16)13-14(17-4)11(15)8-7-10(2)3/h10H,5-9H2,1-4H3,(H,13,16). The summed E-state index contributed by atoms with van der Waals surface area (Å²) >= 11 is 0. The molecule has 0 aromatic heterocycles. The van der Waals surface area contributed by atoms with E-state index in [0.717, 1.165) is 24.4 Å². The van der Waals surface area contributed by atoms with Crippen LogP contribution in [0.15, 0.2) is 0 Å². The molecule has 0 radical (unpaired) electrons. The van der Waals surface area contributed by atoms with Crippen LogP contribution in [0, 0.1) is 5.92 Å². The number of nitrogens with zero attached hydrogens (tertiary/aromatic N) is 1. The summed E-state index contributed by atoms with van der Waals surface area (Å²) < 4.78 is 4.87. The van der Waals surface area contributed by atoms with Crippen LogP contribution in [0.1, 0.15) is 46.5 Å². The van der Waals surface area contributed by atoms with Crippen molar-refractivity contribution in [1.29, 1.82) is 0 Å². The summed E-state index contributed by atoms with van der Waals surface area (Å²) in [4.78, 5) is 27.8. The Morgan fingerprint density at radius 3 is 2.50 bits per heavy atom. The van der Waals surface area contributed by atoms with Crippen molar-refractivity contribution >= 4 is 12.0 Å². The highest BCUT2D eigenvalue weighted by Crippen LogP contribution is 2.05. The minimum Gasteiger partial charge on any atom is -0.448 e. The third kappa shape index (κ3) is 7.89. The Morgan fingerprint density at radius 1 is 1.33 bits per heavy atom. The summed E-state index contributed by atoms with van der Waals surface area (Å²) in [5.41, 5.74) is 2.25. The summed E-state index contributed by atoms with van der Waals surface area (Å²) in [7, 11) is 1.32. The van der Waals surface area contributed by atoms with Crippen LogP contribution in [-0.4, -0.2) is 30.9 Å². The van der Waals surface area contributed by atoms with Gasteiger partial charge in [-0.3, -0.25) is 9.63 Å². The van der Waals surface area contributed by atoms with E-state index in [4.69, 9.17) is 9.57 Å². The zero-order valence-corrected chi connectivity index (χ0v) is 11.7. The van der Waals surface area contributed by atoms with Crippen LogP contribution in [-0.2, 0) is 14.4 Å². The molecule has 106 valence electrons. The molecule has 0 aliphatic carbocycles. The van der Waals surface area contributed by atoms with Gasteiger partial charge in [-0.25, -0.2) is 10.2 Å². The van der Waals surface area contributed by atoms with Crippen molar-refractivity contribution in [2.45, 2.75) is 46.5 Å². The SMILES string of the molecule is CCCCOC(=O)NN(OC)C(=O)CCC(C)C. The van der Waals surface area contributed by atoms with Gasteiger partial charge in [-0.15, -0.1) is 5.17 Å². The maximum absolute atomic E-state index is 11.7. The minimum absolute atomic E-state index is 0.293. The Morgan fingerprint density at radius 2 is 2.00 bits per heavy atom. The Bertz CT molecular complexity index is 256. The fourth-order valence-electron chi connectivity index (χ4n) is 1.15. The number of rotatable bonds is 7. The van der Waals surface area contributed by atoms with E-state index < -0.39 is 6.09 Å². The third-order valence-electron chi connectivity index (χ3n) is 2.27. The van der Waals surface area contributed by atoms with Gasteiger partial charge < -0.3 is 4.74 Å². The van der Waals surface area contributed by atoms with Crippen molar-refractivity contribution in [3.63, 3.8) is 0 Å². The van der Waals surface area contributed by atoms with E-state index >= 15 is 0 Å². The number of carbonyl (C=O) groups excluding carboxylic acids is 2. The molecule has 0 spiro atoms. The maximum Gasteiger partial charge on any atom is 0.428 e. The van der Waals surface area contributed by atoms with Gasteiger partial charge in [0, 0.05) is 6.42 Å². The number of nitrogens with one attached hydrogen (secondary N) is 1. The number of carbonyl (C=O) groups is 2. The topological polar surface area (TPSA) is 67.9 Å². The molecule has 0 saturated carbocycles. The van der Waals surface area contributed by atoms with Crippen LogP contribution in [0.5, 0.6) is 0 Å². The second-order valence-electron chi connectivity index (χ2n) is 4.40. The Kier molecular flexibility index (Phi) is 9.00. The number of hydrazine groups is 1. The molecular formula is C12H24N2O4. The fraction of sp³-hybridized carbons (Fsp3) is 0.833. The largest absolute Gasteiger partial charge is 0.448 e. The number of hydrogen-bond acceptors (Lipinski definition) is 4. The Hall–Kier alpha value is -1.30. The van der Waals surface area contributed by atoms with E-state index in [1.54, 1.807) is 0 Å². The van der Waals surface area contributed by atoms with Crippen molar-refractivity contribution in [2.75, 3.05) is 13.7 Å². The van der Waals surface area contributed by atoms with Crippen LogP contribution < -0.4 is 5.43 Å². The van der Waals surface area contributed by atoms with Gasteiger partial charge in [-0.2, -0.15) is 0 Å². The first-order valence-corrected chi connectivity index (χ1v) is 6.31. The summed E-state index contributed by atoms with van der Waals surface area (Å²) in [6.07, 6.45) is 2.12. The van der Waals surface area contributed by atoms with Gasteiger partial charge in [0.15, 0.2) is 0 Å². The van der Waals surface area contributed by atoms with Crippen LogP contribution in [0.25, 0.3) is 0 Å². The monoisotopic (exact) mass is 260 g/mol. The smallest absolute Gasteiger partial charge is 0.428 e. The lowest BCUT2D eigenvalue weighted by atomic mass is 10.1.